The second-order valence-corrected chi connectivity index (χ2v) is 5.01. The van der Waals surface area contributed by atoms with E-state index in [0.29, 0.717) is 0 Å². The first-order valence-corrected chi connectivity index (χ1v) is 5.96. The molecule has 0 saturated heterocycles. The summed E-state index contributed by atoms with van der Waals surface area (Å²) in [4.78, 5) is 10.4. The van der Waals surface area contributed by atoms with Gasteiger partial charge in [-0.1, -0.05) is 12.1 Å². The predicted octanol–water partition coefficient (Wildman–Crippen LogP) is 3.67. The number of hydrogen-bond donors (Lipinski definition) is 0. The van der Waals surface area contributed by atoms with Crippen LogP contribution in [-0.2, 0) is 4.79 Å². The van der Waals surface area contributed by atoms with Crippen molar-refractivity contribution < 1.29 is 4.79 Å². The number of carbonyl (C=O) groups is 1. The summed E-state index contributed by atoms with van der Waals surface area (Å²) in [5.74, 6) is 0. The third kappa shape index (κ3) is 3.95. The molecule has 0 aliphatic heterocycles. The molecule has 1 nitrogen and oxygen atoms in total. The number of rotatable bonds is 2. The van der Waals surface area contributed by atoms with Gasteiger partial charge in [-0.2, -0.15) is 0 Å². The minimum absolute atomic E-state index is 0.450. The van der Waals surface area contributed by atoms with Crippen LogP contribution in [0.3, 0.4) is 0 Å². The number of allylic oxidation sites excluding steroid dienone is 1. The summed E-state index contributed by atoms with van der Waals surface area (Å²) in [6.07, 6.45) is 3.05. The van der Waals surface area contributed by atoms with Crippen LogP contribution in [0, 0.1) is 7.14 Å². The van der Waals surface area contributed by atoms with E-state index in [1.165, 1.54) is 13.2 Å². The summed E-state index contributed by atoms with van der Waals surface area (Å²) in [7, 11) is 0. The van der Waals surface area contributed by atoms with Crippen molar-refractivity contribution in [1.29, 1.82) is 0 Å². The van der Waals surface area contributed by atoms with Gasteiger partial charge in [-0.3, -0.25) is 4.79 Å². The molecule has 1 aromatic rings. The third-order valence-corrected chi connectivity index (χ3v) is 4.34. The molecule has 68 valence electrons. The topological polar surface area (TPSA) is 17.1 Å². The zero-order chi connectivity index (χ0) is 9.84. The van der Waals surface area contributed by atoms with Crippen LogP contribution in [0.4, 0.5) is 0 Å². The molecule has 0 unspecified atom stereocenters. The molecular formula is C9H5ClI2O. The molecular weight excluding hydrogens is 413 g/mol. The van der Waals surface area contributed by atoms with E-state index < -0.39 is 5.24 Å². The molecule has 0 bridgehead atoms. The Labute approximate surface area is 109 Å². The van der Waals surface area contributed by atoms with Crippen molar-refractivity contribution in [3.05, 3.63) is 37.0 Å². The van der Waals surface area contributed by atoms with Gasteiger partial charge in [0.25, 0.3) is 0 Å². The van der Waals surface area contributed by atoms with E-state index in [-0.39, 0.29) is 0 Å². The molecule has 0 aromatic heterocycles. The minimum atomic E-state index is -0.450. The lowest BCUT2D eigenvalue weighted by Gasteiger charge is -1.97. The smallest absolute Gasteiger partial charge is 0.245 e. The highest BCUT2D eigenvalue weighted by atomic mass is 127. The summed E-state index contributed by atoms with van der Waals surface area (Å²) in [6, 6.07) is 5.94. The molecule has 1 rings (SSSR count). The van der Waals surface area contributed by atoms with Crippen LogP contribution in [0.15, 0.2) is 24.3 Å². The third-order valence-electron chi connectivity index (χ3n) is 1.35. The normalized spacial score (nSPS) is 10.7. The summed E-state index contributed by atoms with van der Waals surface area (Å²) in [6.45, 7) is 0. The van der Waals surface area contributed by atoms with Crippen molar-refractivity contribution in [2.45, 2.75) is 0 Å². The number of hydrogen-bond acceptors (Lipinski definition) is 1. The zero-order valence-corrected chi connectivity index (χ0v) is 11.5. The van der Waals surface area contributed by atoms with Crippen LogP contribution in [0.25, 0.3) is 6.08 Å². The highest BCUT2D eigenvalue weighted by molar-refractivity contribution is 14.1. The molecule has 0 radical (unpaired) electrons. The first-order valence-electron chi connectivity index (χ1n) is 3.42. The summed E-state index contributed by atoms with van der Waals surface area (Å²) >= 11 is 9.68. The SMILES string of the molecule is O=C(Cl)/C=C/c1ccc(I)c(I)c1. The average molecular weight is 418 g/mol. The maximum absolute atomic E-state index is 10.4. The molecule has 4 heteroatoms. The Hall–Kier alpha value is 0.380. The molecule has 0 aliphatic rings. The van der Waals surface area contributed by atoms with E-state index in [0.717, 1.165) is 5.56 Å². The van der Waals surface area contributed by atoms with Crippen molar-refractivity contribution in [2.24, 2.45) is 0 Å². The number of carbonyl (C=O) groups excluding carboxylic acids is 1. The van der Waals surface area contributed by atoms with Crippen molar-refractivity contribution in [3.8, 4) is 0 Å². The second-order valence-electron chi connectivity index (χ2n) is 2.31. The molecule has 0 N–H and O–H groups in total. The van der Waals surface area contributed by atoms with E-state index in [4.69, 9.17) is 11.6 Å². The van der Waals surface area contributed by atoms with Crippen LogP contribution in [-0.4, -0.2) is 5.24 Å². The molecule has 0 fully saturated rings. The zero-order valence-electron chi connectivity index (χ0n) is 6.43. The van der Waals surface area contributed by atoms with Crippen LogP contribution in [0.5, 0.6) is 0 Å². The Morgan fingerprint density at radius 2 is 2.00 bits per heavy atom. The molecule has 0 heterocycles. The van der Waals surface area contributed by atoms with Gasteiger partial charge in [0.15, 0.2) is 0 Å². The lowest BCUT2D eigenvalue weighted by atomic mass is 10.2. The van der Waals surface area contributed by atoms with Crippen molar-refractivity contribution >= 4 is 68.1 Å². The summed E-state index contributed by atoms with van der Waals surface area (Å²) in [5.41, 5.74) is 0.985. The molecule has 0 spiro atoms. The fourth-order valence-corrected chi connectivity index (χ4v) is 1.72. The Morgan fingerprint density at radius 1 is 1.31 bits per heavy atom. The highest BCUT2D eigenvalue weighted by Gasteiger charge is 1.95. The lowest BCUT2D eigenvalue weighted by Crippen LogP contribution is -1.81. The molecule has 0 amide bonds. The van der Waals surface area contributed by atoms with Gasteiger partial charge in [-0.15, -0.1) is 0 Å². The van der Waals surface area contributed by atoms with Gasteiger partial charge in [0.1, 0.15) is 0 Å². The first-order chi connectivity index (χ1) is 6.09. The average Bonchev–Trinajstić information content (AvgIpc) is 2.07. The van der Waals surface area contributed by atoms with E-state index in [2.05, 4.69) is 45.2 Å². The van der Waals surface area contributed by atoms with Gasteiger partial charge in [0.2, 0.25) is 5.24 Å². The lowest BCUT2D eigenvalue weighted by molar-refractivity contribution is -0.107. The van der Waals surface area contributed by atoms with Crippen LogP contribution < -0.4 is 0 Å². The maximum atomic E-state index is 10.4. The first kappa shape index (κ1) is 11.5. The van der Waals surface area contributed by atoms with Gasteiger partial charge in [0, 0.05) is 7.14 Å². The van der Waals surface area contributed by atoms with Gasteiger partial charge < -0.3 is 0 Å². The molecule has 0 atom stereocenters. The maximum Gasteiger partial charge on any atom is 0.245 e. The summed E-state index contributed by atoms with van der Waals surface area (Å²) < 4.78 is 2.37. The Kier molecular flexibility index (Phi) is 4.68. The fraction of sp³-hybridized carbons (Fsp3) is 0. The minimum Gasteiger partial charge on any atom is -0.276 e. The summed E-state index contributed by atoms with van der Waals surface area (Å²) in [5, 5.41) is -0.450. The highest BCUT2D eigenvalue weighted by Crippen LogP contribution is 2.17. The molecule has 0 aliphatic carbocycles. The van der Waals surface area contributed by atoms with Crippen LogP contribution in [0.2, 0.25) is 0 Å². The fourth-order valence-electron chi connectivity index (χ4n) is 0.778. The van der Waals surface area contributed by atoms with Crippen molar-refractivity contribution in [2.75, 3.05) is 0 Å². The van der Waals surface area contributed by atoms with E-state index in [1.54, 1.807) is 6.08 Å². The number of halogens is 3. The van der Waals surface area contributed by atoms with Gasteiger partial charge in [-0.05, 0) is 80.6 Å². The van der Waals surface area contributed by atoms with Crippen molar-refractivity contribution in [1.82, 2.24) is 0 Å². The van der Waals surface area contributed by atoms with E-state index in [1.807, 2.05) is 18.2 Å². The van der Waals surface area contributed by atoms with E-state index >= 15 is 0 Å². The van der Waals surface area contributed by atoms with Crippen molar-refractivity contribution in [3.63, 3.8) is 0 Å². The number of benzene rings is 1. The standard InChI is InChI=1S/C9H5ClI2O/c10-9(13)4-2-6-1-3-7(11)8(12)5-6/h1-5H/b4-2+. The Balaban J connectivity index is 2.92. The molecule has 13 heavy (non-hydrogen) atoms. The quantitative estimate of drug-likeness (QED) is 0.407. The van der Waals surface area contributed by atoms with Crippen LogP contribution in [0.1, 0.15) is 5.56 Å². The Bertz CT molecular complexity index is 361. The van der Waals surface area contributed by atoms with Gasteiger partial charge >= 0.3 is 0 Å². The molecule has 0 saturated carbocycles. The Morgan fingerprint density at radius 3 is 2.54 bits per heavy atom. The monoisotopic (exact) mass is 418 g/mol. The van der Waals surface area contributed by atoms with E-state index in [9.17, 15) is 4.79 Å². The van der Waals surface area contributed by atoms with Gasteiger partial charge in [0.05, 0.1) is 0 Å². The van der Waals surface area contributed by atoms with Gasteiger partial charge in [-0.25, -0.2) is 0 Å². The predicted molar refractivity (Wildman–Crippen MR) is 71.8 cm³/mol. The second kappa shape index (κ2) is 5.31. The molecule has 1 aromatic carbocycles. The van der Waals surface area contributed by atoms with Crippen LogP contribution >= 0.6 is 56.8 Å². The largest absolute Gasteiger partial charge is 0.276 e.